The van der Waals surface area contributed by atoms with E-state index >= 15 is 0 Å². The van der Waals surface area contributed by atoms with Gasteiger partial charge in [0.2, 0.25) is 0 Å². The van der Waals surface area contributed by atoms with E-state index in [9.17, 15) is 9.90 Å². The predicted octanol–water partition coefficient (Wildman–Crippen LogP) is 1.75. The Kier molecular flexibility index (Phi) is 7.86. The maximum atomic E-state index is 12.7. The average Bonchev–Trinajstić information content (AvgIpc) is 2.74. The second kappa shape index (κ2) is 10.4. The van der Waals surface area contributed by atoms with Gasteiger partial charge >= 0.3 is 0 Å². The Labute approximate surface area is 179 Å². The maximum Gasteiger partial charge on any atom is 0.253 e. The number of nitrogens with zero attached hydrogens (tertiary/aromatic N) is 1. The highest BCUT2D eigenvalue weighted by Crippen LogP contribution is 2.24. The number of piperidine rings is 1. The normalized spacial score (nSPS) is 24.2. The van der Waals surface area contributed by atoms with Crippen LogP contribution >= 0.6 is 0 Å². The molecule has 3 aliphatic rings. The summed E-state index contributed by atoms with van der Waals surface area (Å²) >= 11 is 0. The second-order valence-electron chi connectivity index (χ2n) is 9.00. The van der Waals surface area contributed by atoms with E-state index in [4.69, 9.17) is 10.1 Å². The van der Waals surface area contributed by atoms with E-state index in [1.165, 1.54) is 0 Å². The highest BCUT2D eigenvalue weighted by Gasteiger charge is 2.34. The number of aliphatic hydroxyl groups is 1. The molecule has 2 aliphatic heterocycles. The summed E-state index contributed by atoms with van der Waals surface area (Å²) in [5.41, 5.74) is 0.320. The molecule has 166 valence electrons. The molecule has 2 fully saturated rings. The zero-order valence-corrected chi connectivity index (χ0v) is 18.2. The average molecular weight is 417 g/mol. The molecule has 0 atom stereocenters. The molecule has 2 saturated heterocycles. The number of allylic oxidation sites excluding steroid dienone is 4. The molecule has 3 rings (SSSR count). The molecule has 0 radical (unpaired) electrons. The number of ether oxygens (including phenoxy) is 1. The largest absolute Gasteiger partial charge is 0.388 e. The molecule has 4 N–H and O–H groups in total. The van der Waals surface area contributed by atoms with E-state index in [-0.39, 0.29) is 24.2 Å². The van der Waals surface area contributed by atoms with Crippen LogP contribution in [0.15, 0.2) is 35.6 Å². The van der Waals surface area contributed by atoms with Crippen LogP contribution in [0.1, 0.15) is 39.5 Å². The van der Waals surface area contributed by atoms with E-state index in [1.54, 1.807) is 18.4 Å². The first-order valence-electron chi connectivity index (χ1n) is 11.1. The molecule has 30 heavy (non-hydrogen) atoms. The summed E-state index contributed by atoms with van der Waals surface area (Å²) in [5.74, 6) is 0.382. The van der Waals surface area contributed by atoms with E-state index in [0.29, 0.717) is 29.9 Å². The zero-order valence-electron chi connectivity index (χ0n) is 18.2. The van der Waals surface area contributed by atoms with Gasteiger partial charge in [0.15, 0.2) is 0 Å². The summed E-state index contributed by atoms with van der Waals surface area (Å²) in [4.78, 5) is 15.1. The van der Waals surface area contributed by atoms with Crippen molar-refractivity contribution in [1.82, 2.24) is 15.5 Å². The number of amides is 1. The molecule has 0 spiro atoms. The number of carbonyl (C=O) groups excluding carboxylic acids is 1. The highest BCUT2D eigenvalue weighted by molar-refractivity contribution is 6.28. The van der Waals surface area contributed by atoms with E-state index in [2.05, 4.69) is 15.5 Å². The zero-order chi connectivity index (χ0) is 21.6. The summed E-state index contributed by atoms with van der Waals surface area (Å²) in [7, 11) is 0. The predicted molar refractivity (Wildman–Crippen MR) is 118 cm³/mol. The summed E-state index contributed by atoms with van der Waals surface area (Å²) in [6, 6.07) is 0.258. The van der Waals surface area contributed by atoms with Gasteiger partial charge in [-0.05, 0) is 51.5 Å². The van der Waals surface area contributed by atoms with Crippen molar-refractivity contribution >= 4 is 11.6 Å². The lowest BCUT2D eigenvalue weighted by Gasteiger charge is -2.40. The molecule has 0 bridgehead atoms. The molecule has 2 heterocycles. The van der Waals surface area contributed by atoms with E-state index in [1.807, 2.05) is 19.9 Å². The molecule has 0 saturated carbocycles. The Morgan fingerprint density at radius 1 is 1.37 bits per heavy atom. The lowest BCUT2D eigenvalue weighted by atomic mass is 9.89. The highest BCUT2D eigenvalue weighted by atomic mass is 16.5. The smallest absolute Gasteiger partial charge is 0.253 e. The van der Waals surface area contributed by atoms with Gasteiger partial charge in [0.05, 0.1) is 16.9 Å². The van der Waals surface area contributed by atoms with Crippen LogP contribution in [-0.4, -0.2) is 72.7 Å². The lowest BCUT2D eigenvalue weighted by molar-refractivity contribution is -0.118. The molecule has 0 aromatic heterocycles. The van der Waals surface area contributed by atoms with Gasteiger partial charge in [0.1, 0.15) is 0 Å². The molecule has 0 aromatic carbocycles. The first-order chi connectivity index (χ1) is 14.4. The first-order valence-corrected chi connectivity index (χ1v) is 11.1. The number of carbonyl (C=O) groups is 1. The fourth-order valence-corrected chi connectivity index (χ4v) is 4.10. The van der Waals surface area contributed by atoms with Crippen molar-refractivity contribution in [2.75, 3.05) is 39.4 Å². The van der Waals surface area contributed by atoms with Gasteiger partial charge < -0.3 is 25.4 Å². The minimum atomic E-state index is -0.882. The Morgan fingerprint density at radius 2 is 2.07 bits per heavy atom. The van der Waals surface area contributed by atoms with Gasteiger partial charge in [0, 0.05) is 57.2 Å². The van der Waals surface area contributed by atoms with Crippen molar-refractivity contribution in [3.63, 3.8) is 0 Å². The van der Waals surface area contributed by atoms with Crippen LogP contribution in [0.25, 0.3) is 0 Å². The number of hydrogen-bond donors (Lipinski definition) is 4. The summed E-state index contributed by atoms with van der Waals surface area (Å²) < 4.78 is 5.43. The van der Waals surface area contributed by atoms with Gasteiger partial charge in [-0.15, -0.1) is 0 Å². The lowest BCUT2D eigenvalue weighted by Crippen LogP contribution is -2.52. The standard InChI is InChI=1S/C23H36N4O3/c1-17(2)25-14-19-4-3-5-20(21(19)24)22(28)26-16-23(29)8-10-27(11-9-23)15-18-6-12-30-13-7-18/h3-5,14,17-18,24-25,29H,6-13,15-16H2,1-2H3,(H,26,28)/b19-14-,24-21?. The number of nitrogens with one attached hydrogen (secondary N) is 3. The molecule has 0 unspecified atom stereocenters. The fourth-order valence-electron chi connectivity index (χ4n) is 4.10. The van der Waals surface area contributed by atoms with Crippen molar-refractivity contribution < 1.29 is 14.6 Å². The van der Waals surface area contributed by atoms with Crippen LogP contribution in [0, 0.1) is 11.3 Å². The van der Waals surface area contributed by atoms with Crippen LogP contribution in [0.2, 0.25) is 0 Å². The van der Waals surface area contributed by atoms with Gasteiger partial charge in [-0.2, -0.15) is 0 Å². The van der Waals surface area contributed by atoms with Gasteiger partial charge in [-0.1, -0.05) is 12.2 Å². The van der Waals surface area contributed by atoms with Gasteiger partial charge in [-0.3, -0.25) is 10.2 Å². The third kappa shape index (κ3) is 6.27. The second-order valence-corrected chi connectivity index (χ2v) is 9.00. The van der Waals surface area contributed by atoms with Crippen molar-refractivity contribution in [2.24, 2.45) is 5.92 Å². The third-order valence-electron chi connectivity index (χ3n) is 6.14. The summed E-state index contributed by atoms with van der Waals surface area (Å²) in [6.45, 7) is 8.74. The Hall–Kier alpha value is -1.96. The van der Waals surface area contributed by atoms with E-state index in [0.717, 1.165) is 45.7 Å². The van der Waals surface area contributed by atoms with Crippen molar-refractivity contribution in [2.45, 2.75) is 51.2 Å². The van der Waals surface area contributed by atoms with Crippen molar-refractivity contribution in [3.05, 3.63) is 35.6 Å². The van der Waals surface area contributed by atoms with Crippen LogP contribution in [0.5, 0.6) is 0 Å². The number of hydrogen-bond acceptors (Lipinski definition) is 6. The monoisotopic (exact) mass is 416 g/mol. The fraction of sp³-hybridized carbons (Fsp3) is 0.652. The maximum absolute atomic E-state index is 12.7. The molecule has 0 aromatic rings. The first kappa shape index (κ1) is 22.7. The molecule has 7 nitrogen and oxygen atoms in total. The minimum absolute atomic E-state index is 0.196. The Morgan fingerprint density at radius 3 is 2.73 bits per heavy atom. The number of rotatable bonds is 7. The van der Waals surface area contributed by atoms with Crippen molar-refractivity contribution in [3.8, 4) is 0 Å². The molecular formula is C23H36N4O3. The quantitative estimate of drug-likeness (QED) is 0.507. The van der Waals surface area contributed by atoms with Crippen LogP contribution < -0.4 is 10.6 Å². The van der Waals surface area contributed by atoms with E-state index < -0.39 is 5.60 Å². The molecule has 1 amide bonds. The molecule has 7 heteroatoms. The van der Waals surface area contributed by atoms with Crippen LogP contribution in [0.3, 0.4) is 0 Å². The summed E-state index contributed by atoms with van der Waals surface area (Å²) in [6.07, 6.45) is 10.6. The molecule has 1 aliphatic carbocycles. The minimum Gasteiger partial charge on any atom is -0.388 e. The number of likely N-dealkylation sites (tertiary alicyclic amines) is 1. The molecular weight excluding hydrogens is 380 g/mol. The van der Waals surface area contributed by atoms with Crippen molar-refractivity contribution in [1.29, 1.82) is 5.41 Å². The van der Waals surface area contributed by atoms with Crippen LogP contribution in [0.4, 0.5) is 0 Å². The Balaban J connectivity index is 1.46. The Bertz CT molecular complexity index is 712. The topological polar surface area (TPSA) is 97.7 Å². The van der Waals surface area contributed by atoms with Gasteiger partial charge in [0.25, 0.3) is 5.91 Å². The van der Waals surface area contributed by atoms with Crippen LogP contribution in [-0.2, 0) is 9.53 Å². The summed E-state index contributed by atoms with van der Waals surface area (Å²) in [5, 5.41) is 25.3. The third-order valence-corrected chi connectivity index (χ3v) is 6.14. The SMILES string of the molecule is CC(C)N/C=C1/C=CC=C(C(=O)NCC2(O)CCN(CC3CCOCC3)CC2)C1=N. The van der Waals surface area contributed by atoms with Gasteiger partial charge in [-0.25, -0.2) is 0 Å².